The van der Waals surface area contributed by atoms with E-state index in [0.29, 0.717) is 12.2 Å². The Morgan fingerprint density at radius 3 is 2.62 bits per heavy atom. The Morgan fingerprint density at radius 2 is 1.88 bits per heavy atom. The van der Waals surface area contributed by atoms with Gasteiger partial charge in [-0.1, -0.05) is 56.5 Å². The quantitative estimate of drug-likeness (QED) is 0.566. The predicted octanol–water partition coefficient (Wildman–Crippen LogP) is 4.60. The van der Waals surface area contributed by atoms with Gasteiger partial charge in [0.15, 0.2) is 0 Å². The van der Waals surface area contributed by atoms with Crippen LogP contribution in [0.2, 0.25) is 0 Å². The van der Waals surface area contributed by atoms with Gasteiger partial charge in [-0.25, -0.2) is 5.43 Å². The van der Waals surface area contributed by atoms with Crippen LogP contribution in [0.5, 0.6) is 5.75 Å². The molecule has 4 heteroatoms. The SMILES string of the molecule is CCCCCCOc1ccc2ccccc2c1/C=C1\C(=O)NNC1(C)C. The van der Waals surface area contributed by atoms with Crippen molar-refractivity contribution in [3.05, 3.63) is 47.5 Å². The van der Waals surface area contributed by atoms with E-state index in [1.54, 1.807) is 0 Å². The summed E-state index contributed by atoms with van der Waals surface area (Å²) in [4.78, 5) is 12.3. The first kappa shape index (κ1) is 18.5. The maximum absolute atomic E-state index is 12.3. The van der Waals surface area contributed by atoms with Gasteiger partial charge in [0, 0.05) is 11.1 Å². The molecule has 0 bridgehead atoms. The van der Waals surface area contributed by atoms with Crippen molar-refractivity contribution in [2.24, 2.45) is 0 Å². The number of ether oxygens (including phenoxy) is 1. The number of hydrazine groups is 1. The van der Waals surface area contributed by atoms with Crippen LogP contribution >= 0.6 is 0 Å². The van der Waals surface area contributed by atoms with Gasteiger partial charge in [-0.15, -0.1) is 0 Å². The fourth-order valence-corrected chi connectivity index (χ4v) is 3.28. The molecule has 0 radical (unpaired) electrons. The Kier molecular flexibility index (Phi) is 5.62. The van der Waals surface area contributed by atoms with Crippen molar-refractivity contribution in [2.45, 2.75) is 52.0 Å². The van der Waals surface area contributed by atoms with Crippen LogP contribution in [0.15, 0.2) is 42.0 Å². The first-order valence-corrected chi connectivity index (χ1v) is 9.47. The largest absolute Gasteiger partial charge is 0.493 e. The van der Waals surface area contributed by atoms with E-state index < -0.39 is 5.54 Å². The minimum Gasteiger partial charge on any atom is -0.493 e. The van der Waals surface area contributed by atoms with Crippen molar-refractivity contribution in [1.29, 1.82) is 0 Å². The minimum atomic E-state index is -0.424. The van der Waals surface area contributed by atoms with Gasteiger partial charge in [0.25, 0.3) is 5.91 Å². The van der Waals surface area contributed by atoms with Crippen LogP contribution in [0, 0.1) is 0 Å². The van der Waals surface area contributed by atoms with Gasteiger partial charge in [-0.05, 0) is 43.2 Å². The average molecular weight is 352 g/mol. The lowest BCUT2D eigenvalue weighted by Gasteiger charge is -2.18. The van der Waals surface area contributed by atoms with Crippen molar-refractivity contribution in [2.75, 3.05) is 6.61 Å². The van der Waals surface area contributed by atoms with Crippen molar-refractivity contribution in [1.82, 2.24) is 10.9 Å². The Hall–Kier alpha value is -2.33. The molecule has 2 aromatic rings. The van der Waals surface area contributed by atoms with Crippen molar-refractivity contribution in [3.8, 4) is 5.75 Å². The molecule has 0 spiro atoms. The van der Waals surface area contributed by atoms with Crippen LogP contribution in [0.1, 0.15) is 52.0 Å². The average Bonchev–Trinajstić information content (AvgIpc) is 2.89. The number of hydrogen-bond donors (Lipinski definition) is 2. The third-order valence-electron chi connectivity index (χ3n) is 4.88. The minimum absolute atomic E-state index is 0.0863. The molecule has 3 rings (SSSR count). The third kappa shape index (κ3) is 3.91. The number of benzene rings is 2. The smallest absolute Gasteiger partial charge is 0.263 e. The first-order chi connectivity index (χ1) is 12.5. The standard InChI is InChI=1S/C22H28N2O2/c1-4-5-6-9-14-26-20-13-12-16-10-7-8-11-17(16)18(20)15-19-21(25)23-24-22(19,2)3/h7-8,10-13,15,24H,4-6,9,14H2,1-3H3,(H,23,25)/b19-15+. The van der Waals surface area contributed by atoms with Crippen LogP contribution in [0.4, 0.5) is 0 Å². The zero-order valence-electron chi connectivity index (χ0n) is 15.9. The van der Waals surface area contributed by atoms with Gasteiger partial charge in [0.1, 0.15) is 5.75 Å². The maximum Gasteiger partial charge on any atom is 0.263 e. The molecule has 0 atom stereocenters. The van der Waals surface area contributed by atoms with Crippen molar-refractivity contribution < 1.29 is 9.53 Å². The summed E-state index contributed by atoms with van der Waals surface area (Å²) in [6.45, 7) is 6.89. The van der Waals surface area contributed by atoms with Crippen molar-refractivity contribution >= 4 is 22.8 Å². The van der Waals surface area contributed by atoms with Gasteiger partial charge in [0.05, 0.1) is 12.1 Å². The second-order valence-corrected chi connectivity index (χ2v) is 7.37. The molecule has 1 saturated heterocycles. The highest BCUT2D eigenvalue weighted by molar-refractivity contribution is 6.05. The van der Waals surface area contributed by atoms with Gasteiger partial charge in [0.2, 0.25) is 0 Å². The monoisotopic (exact) mass is 352 g/mol. The predicted molar refractivity (Wildman–Crippen MR) is 107 cm³/mol. The topological polar surface area (TPSA) is 50.4 Å². The van der Waals surface area contributed by atoms with Gasteiger partial charge in [-0.3, -0.25) is 10.2 Å². The van der Waals surface area contributed by atoms with E-state index in [1.807, 2.05) is 38.1 Å². The highest BCUT2D eigenvalue weighted by Gasteiger charge is 2.35. The summed E-state index contributed by atoms with van der Waals surface area (Å²) in [6, 6.07) is 12.3. The summed E-state index contributed by atoms with van der Waals surface area (Å²) in [7, 11) is 0. The van der Waals surface area contributed by atoms with Gasteiger partial charge < -0.3 is 4.74 Å². The van der Waals surface area contributed by atoms with Crippen molar-refractivity contribution in [3.63, 3.8) is 0 Å². The summed E-state index contributed by atoms with van der Waals surface area (Å²) in [5.74, 6) is 0.750. The molecule has 26 heavy (non-hydrogen) atoms. The molecule has 1 fully saturated rings. The second-order valence-electron chi connectivity index (χ2n) is 7.37. The van der Waals surface area contributed by atoms with E-state index in [-0.39, 0.29) is 5.91 Å². The molecular weight excluding hydrogens is 324 g/mol. The molecule has 2 aromatic carbocycles. The van der Waals surface area contributed by atoms with E-state index in [4.69, 9.17) is 4.74 Å². The number of fused-ring (bicyclic) bond motifs is 1. The molecule has 4 nitrogen and oxygen atoms in total. The summed E-state index contributed by atoms with van der Waals surface area (Å²) >= 11 is 0. The molecule has 1 amide bonds. The Balaban J connectivity index is 1.98. The van der Waals surface area contributed by atoms with E-state index in [9.17, 15) is 4.79 Å². The fourth-order valence-electron chi connectivity index (χ4n) is 3.28. The van der Waals surface area contributed by atoms with E-state index >= 15 is 0 Å². The van der Waals surface area contributed by atoms with E-state index in [0.717, 1.165) is 28.5 Å². The molecular formula is C22H28N2O2. The Labute approximate surface area is 155 Å². The molecule has 1 aliphatic heterocycles. The number of carbonyl (C=O) groups excluding carboxylic acids is 1. The van der Waals surface area contributed by atoms with Crippen LogP contribution in [0.3, 0.4) is 0 Å². The summed E-state index contributed by atoms with van der Waals surface area (Å²) in [5, 5.41) is 2.24. The maximum atomic E-state index is 12.3. The highest BCUT2D eigenvalue weighted by Crippen LogP contribution is 2.33. The molecule has 2 N–H and O–H groups in total. The summed E-state index contributed by atoms with van der Waals surface area (Å²) in [5.41, 5.74) is 7.02. The van der Waals surface area contributed by atoms with E-state index in [2.05, 4.69) is 36.0 Å². The van der Waals surface area contributed by atoms with Crippen LogP contribution in [0.25, 0.3) is 16.8 Å². The zero-order valence-corrected chi connectivity index (χ0v) is 15.9. The second kappa shape index (κ2) is 7.92. The lowest BCUT2D eigenvalue weighted by atomic mass is 9.92. The number of carbonyl (C=O) groups is 1. The molecule has 0 aliphatic carbocycles. The number of amides is 1. The summed E-state index contributed by atoms with van der Waals surface area (Å²) in [6.07, 6.45) is 6.64. The highest BCUT2D eigenvalue weighted by atomic mass is 16.5. The Morgan fingerprint density at radius 1 is 1.08 bits per heavy atom. The lowest BCUT2D eigenvalue weighted by molar-refractivity contribution is -0.116. The number of rotatable bonds is 7. The molecule has 1 heterocycles. The summed E-state index contributed by atoms with van der Waals surface area (Å²) < 4.78 is 6.11. The van der Waals surface area contributed by atoms with Crippen LogP contribution < -0.4 is 15.6 Å². The van der Waals surface area contributed by atoms with Gasteiger partial charge in [-0.2, -0.15) is 0 Å². The normalized spacial score (nSPS) is 17.7. The zero-order chi connectivity index (χ0) is 18.6. The fraction of sp³-hybridized carbons (Fsp3) is 0.409. The molecule has 138 valence electrons. The Bertz CT molecular complexity index is 824. The van der Waals surface area contributed by atoms with E-state index in [1.165, 1.54) is 19.3 Å². The number of nitrogens with one attached hydrogen (secondary N) is 2. The lowest BCUT2D eigenvalue weighted by Crippen LogP contribution is -2.38. The molecule has 1 aliphatic rings. The molecule has 0 aromatic heterocycles. The molecule has 0 unspecified atom stereocenters. The third-order valence-corrected chi connectivity index (χ3v) is 4.88. The number of unbranched alkanes of at least 4 members (excludes halogenated alkanes) is 3. The van der Waals surface area contributed by atoms with Crippen LogP contribution in [-0.4, -0.2) is 18.1 Å². The molecule has 0 saturated carbocycles. The van der Waals surface area contributed by atoms with Gasteiger partial charge >= 0.3 is 0 Å². The number of hydrogen-bond acceptors (Lipinski definition) is 3. The van der Waals surface area contributed by atoms with Crippen LogP contribution in [-0.2, 0) is 4.79 Å². The first-order valence-electron chi connectivity index (χ1n) is 9.47.